The molecule has 0 aromatic heterocycles. The van der Waals surface area contributed by atoms with Crippen LogP contribution >= 0.6 is 0 Å². The summed E-state index contributed by atoms with van der Waals surface area (Å²) in [5, 5.41) is 0. The Balaban J connectivity index is 1.91. The van der Waals surface area contributed by atoms with Crippen molar-refractivity contribution in [3.8, 4) is 0 Å². The second kappa shape index (κ2) is 6.44. The summed E-state index contributed by atoms with van der Waals surface area (Å²) < 4.78 is 42.7. The Kier molecular flexibility index (Phi) is 4.99. The van der Waals surface area contributed by atoms with Gasteiger partial charge in [-0.05, 0) is 26.7 Å². The molecule has 0 aliphatic carbocycles. The van der Waals surface area contributed by atoms with Crippen LogP contribution in [0.2, 0.25) is 0 Å². The van der Waals surface area contributed by atoms with Gasteiger partial charge in [0.2, 0.25) is 5.91 Å². The highest BCUT2D eigenvalue weighted by Gasteiger charge is 2.44. The lowest BCUT2D eigenvalue weighted by Crippen LogP contribution is -2.54. The quantitative estimate of drug-likeness (QED) is 0.734. The summed E-state index contributed by atoms with van der Waals surface area (Å²) in [5.74, 6) is -2.17. The number of nitrogens with zero attached hydrogens (tertiary/aromatic N) is 2. The molecule has 2 atom stereocenters. The molecular formula is C14H21F3N2O3. The highest BCUT2D eigenvalue weighted by Crippen LogP contribution is 2.26. The molecule has 0 bridgehead atoms. The third-order valence-corrected chi connectivity index (χ3v) is 4.26. The molecule has 126 valence electrons. The van der Waals surface area contributed by atoms with Crippen LogP contribution in [-0.4, -0.2) is 66.2 Å². The molecule has 2 heterocycles. The maximum atomic E-state index is 12.5. The molecular weight excluding hydrogens is 301 g/mol. The van der Waals surface area contributed by atoms with Gasteiger partial charge in [0.15, 0.2) is 0 Å². The fourth-order valence-electron chi connectivity index (χ4n) is 2.95. The van der Waals surface area contributed by atoms with Crippen molar-refractivity contribution in [3.05, 3.63) is 0 Å². The number of alkyl halides is 3. The van der Waals surface area contributed by atoms with E-state index >= 15 is 0 Å². The Bertz CT molecular complexity index is 434. The van der Waals surface area contributed by atoms with Crippen LogP contribution in [0.25, 0.3) is 0 Å². The fourth-order valence-corrected chi connectivity index (χ4v) is 2.95. The van der Waals surface area contributed by atoms with Gasteiger partial charge in [-0.1, -0.05) is 0 Å². The van der Waals surface area contributed by atoms with Crippen molar-refractivity contribution in [2.75, 3.05) is 26.2 Å². The van der Waals surface area contributed by atoms with Crippen LogP contribution in [0.3, 0.4) is 0 Å². The number of ether oxygens (including phenoxy) is 1. The zero-order chi connectivity index (χ0) is 16.5. The first-order chi connectivity index (χ1) is 10.2. The molecule has 0 N–H and O–H groups in total. The second-order valence-electron chi connectivity index (χ2n) is 6.05. The number of halogens is 3. The maximum absolute atomic E-state index is 12.5. The predicted molar refractivity (Wildman–Crippen MR) is 71.9 cm³/mol. The third kappa shape index (κ3) is 3.71. The third-order valence-electron chi connectivity index (χ3n) is 4.26. The minimum Gasteiger partial charge on any atom is -0.375 e. The van der Waals surface area contributed by atoms with Crippen LogP contribution in [0.4, 0.5) is 13.2 Å². The fraction of sp³-hybridized carbons (Fsp3) is 0.857. The highest BCUT2D eigenvalue weighted by atomic mass is 19.4. The van der Waals surface area contributed by atoms with Crippen LogP contribution in [0, 0.1) is 5.92 Å². The molecule has 0 radical (unpaired) electrons. The van der Waals surface area contributed by atoms with E-state index in [9.17, 15) is 22.8 Å². The molecule has 2 unspecified atom stereocenters. The highest BCUT2D eigenvalue weighted by molar-refractivity contribution is 5.83. The summed E-state index contributed by atoms with van der Waals surface area (Å²) in [7, 11) is 0. The standard InChI is InChI=1S/C14H21F3N2O3/c1-9-8-22-10(2)7-19(9)12(20)11-3-5-18(6-4-11)13(21)14(15,16)17/h9-11H,3-8H2,1-2H3. The van der Waals surface area contributed by atoms with E-state index in [4.69, 9.17) is 4.74 Å². The van der Waals surface area contributed by atoms with E-state index in [1.807, 2.05) is 13.8 Å². The monoisotopic (exact) mass is 322 g/mol. The summed E-state index contributed by atoms with van der Waals surface area (Å²) >= 11 is 0. The summed E-state index contributed by atoms with van der Waals surface area (Å²) in [4.78, 5) is 26.2. The van der Waals surface area contributed by atoms with E-state index < -0.39 is 12.1 Å². The molecule has 2 aliphatic rings. The van der Waals surface area contributed by atoms with Crippen molar-refractivity contribution < 1.29 is 27.5 Å². The lowest BCUT2D eigenvalue weighted by Gasteiger charge is -2.40. The van der Waals surface area contributed by atoms with Crippen molar-refractivity contribution in [1.82, 2.24) is 9.80 Å². The van der Waals surface area contributed by atoms with Gasteiger partial charge in [0.05, 0.1) is 18.8 Å². The van der Waals surface area contributed by atoms with Gasteiger partial charge in [0.1, 0.15) is 0 Å². The summed E-state index contributed by atoms with van der Waals surface area (Å²) in [6, 6.07) is -0.0291. The van der Waals surface area contributed by atoms with E-state index in [0.717, 1.165) is 4.90 Å². The molecule has 2 rings (SSSR count). The van der Waals surface area contributed by atoms with Crippen LogP contribution in [0.5, 0.6) is 0 Å². The van der Waals surface area contributed by atoms with Gasteiger partial charge >= 0.3 is 12.1 Å². The minimum absolute atomic E-state index is 0.0248. The van der Waals surface area contributed by atoms with Crippen molar-refractivity contribution in [3.63, 3.8) is 0 Å². The van der Waals surface area contributed by atoms with Gasteiger partial charge in [0, 0.05) is 25.6 Å². The van der Waals surface area contributed by atoms with Crippen molar-refractivity contribution in [1.29, 1.82) is 0 Å². The number of carbonyl (C=O) groups is 2. The van der Waals surface area contributed by atoms with Crippen molar-refractivity contribution >= 4 is 11.8 Å². The Morgan fingerprint density at radius 3 is 2.27 bits per heavy atom. The molecule has 22 heavy (non-hydrogen) atoms. The minimum atomic E-state index is -4.84. The topological polar surface area (TPSA) is 49.9 Å². The normalized spacial score (nSPS) is 27.9. The average Bonchev–Trinajstić information content (AvgIpc) is 2.47. The van der Waals surface area contributed by atoms with E-state index in [1.54, 1.807) is 4.90 Å². The van der Waals surface area contributed by atoms with Crippen LogP contribution in [-0.2, 0) is 14.3 Å². The molecule has 2 aliphatic heterocycles. The number of hydrogen-bond acceptors (Lipinski definition) is 3. The molecule has 2 amide bonds. The maximum Gasteiger partial charge on any atom is 0.471 e. The number of morpholine rings is 1. The van der Waals surface area contributed by atoms with E-state index in [2.05, 4.69) is 0 Å². The number of piperidine rings is 1. The van der Waals surface area contributed by atoms with E-state index in [0.29, 0.717) is 13.2 Å². The van der Waals surface area contributed by atoms with E-state index in [1.165, 1.54) is 0 Å². The first-order valence-electron chi connectivity index (χ1n) is 7.48. The molecule has 0 saturated carbocycles. The Labute approximate surface area is 127 Å². The zero-order valence-electron chi connectivity index (χ0n) is 12.7. The van der Waals surface area contributed by atoms with Gasteiger partial charge in [-0.25, -0.2) is 0 Å². The molecule has 0 spiro atoms. The zero-order valence-corrected chi connectivity index (χ0v) is 12.7. The molecule has 0 aromatic rings. The van der Waals surface area contributed by atoms with Gasteiger partial charge in [-0.2, -0.15) is 13.2 Å². The van der Waals surface area contributed by atoms with Crippen LogP contribution < -0.4 is 0 Å². The Morgan fingerprint density at radius 1 is 1.14 bits per heavy atom. The average molecular weight is 322 g/mol. The summed E-state index contributed by atoms with van der Waals surface area (Å²) in [6.07, 6.45) is -4.32. The number of rotatable bonds is 1. The first kappa shape index (κ1) is 17.1. The Hall–Kier alpha value is -1.31. The predicted octanol–water partition coefficient (Wildman–Crippen LogP) is 1.42. The van der Waals surface area contributed by atoms with Crippen molar-refractivity contribution in [2.24, 2.45) is 5.92 Å². The smallest absolute Gasteiger partial charge is 0.375 e. The lowest BCUT2D eigenvalue weighted by molar-refractivity contribution is -0.187. The largest absolute Gasteiger partial charge is 0.471 e. The van der Waals surface area contributed by atoms with Crippen LogP contribution in [0.1, 0.15) is 26.7 Å². The molecule has 2 fully saturated rings. The van der Waals surface area contributed by atoms with Crippen molar-refractivity contribution in [2.45, 2.75) is 45.0 Å². The Morgan fingerprint density at radius 2 is 1.73 bits per heavy atom. The molecule has 5 nitrogen and oxygen atoms in total. The van der Waals surface area contributed by atoms with Gasteiger partial charge in [-0.15, -0.1) is 0 Å². The summed E-state index contributed by atoms with van der Waals surface area (Å²) in [6.45, 7) is 4.70. The molecule has 8 heteroatoms. The van der Waals surface area contributed by atoms with Gasteiger partial charge in [0.25, 0.3) is 0 Å². The first-order valence-corrected chi connectivity index (χ1v) is 7.48. The number of likely N-dealkylation sites (tertiary alicyclic amines) is 1. The molecule has 2 saturated heterocycles. The SMILES string of the molecule is CC1CN(C(=O)C2CCN(C(=O)C(F)(F)F)CC2)C(C)CO1. The lowest BCUT2D eigenvalue weighted by atomic mass is 9.94. The van der Waals surface area contributed by atoms with Gasteiger partial charge < -0.3 is 14.5 Å². The van der Waals surface area contributed by atoms with Gasteiger partial charge in [-0.3, -0.25) is 9.59 Å². The number of hydrogen-bond donors (Lipinski definition) is 0. The summed E-state index contributed by atoms with van der Waals surface area (Å²) in [5.41, 5.74) is 0. The number of carbonyl (C=O) groups excluding carboxylic acids is 2. The van der Waals surface area contributed by atoms with Crippen LogP contribution in [0.15, 0.2) is 0 Å². The number of amides is 2. The second-order valence-corrected chi connectivity index (χ2v) is 6.05. The molecule has 0 aromatic carbocycles. The van der Waals surface area contributed by atoms with E-state index in [-0.39, 0.29) is 49.9 Å².